The van der Waals surface area contributed by atoms with Gasteiger partial charge in [-0.05, 0) is 102 Å². The Labute approximate surface area is 298 Å². The molecule has 0 saturated heterocycles. The fourth-order valence-electron chi connectivity index (χ4n) is 8.71. The van der Waals surface area contributed by atoms with Gasteiger partial charge in [-0.2, -0.15) is 9.13 Å². The Hall–Kier alpha value is -5.42. The number of fused-ring (bicyclic) bond motifs is 10. The highest BCUT2D eigenvalue weighted by atomic mass is 19.1. The highest BCUT2D eigenvalue weighted by molar-refractivity contribution is 6.09. The van der Waals surface area contributed by atoms with Crippen LogP contribution >= 0.6 is 0 Å². The third-order valence-electron chi connectivity index (χ3n) is 11.1. The number of aromatic nitrogens is 3. The van der Waals surface area contributed by atoms with Crippen molar-refractivity contribution < 1.29 is 17.9 Å². The van der Waals surface area contributed by atoms with Crippen LogP contribution in [-0.2, 0) is 6.42 Å². The summed E-state index contributed by atoms with van der Waals surface area (Å²) in [6.45, 7) is 15.2. The van der Waals surface area contributed by atoms with Crippen molar-refractivity contribution in [3.63, 3.8) is 0 Å². The molecule has 51 heavy (non-hydrogen) atoms. The van der Waals surface area contributed by atoms with Gasteiger partial charge >= 0.3 is 0 Å². The largest absolute Gasteiger partial charge is 0.437 e. The van der Waals surface area contributed by atoms with Gasteiger partial charge in [0.25, 0.3) is 0 Å². The van der Waals surface area contributed by atoms with Gasteiger partial charge < -0.3 is 4.42 Å². The zero-order chi connectivity index (χ0) is 35.1. The van der Waals surface area contributed by atoms with Crippen molar-refractivity contribution in [1.82, 2.24) is 4.98 Å². The van der Waals surface area contributed by atoms with E-state index in [1.807, 2.05) is 25.1 Å². The molecule has 2 aliphatic rings. The summed E-state index contributed by atoms with van der Waals surface area (Å²) in [6, 6.07) is 32.1. The molecule has 0 fully saturated rings. The predicted octanol–water partition coefficient (Wildman–Crippen LogP) is 10.8. The maximum Gasteiger partial charge on any atom is 0.227 e. The summed E-state index contributed by atoms with van der Waals surface area (Å²) >= 11 is 0. The first-order chi connectivity index (χ1) is 24.7. The minimum atomic E-state index is -0.148. The van der Waals surface area contributed by atoms with Gasteiger partial charge in [0.1, 0.15) is 11.7 Å². The van der Waals surface area contributed by atoms with Crippen molar-refractivity contribution in [2.24, 2.45) is 5.92 Å². The zero-order valence-corrected chi connectivity index (χ0v) is 29.8. The van der Waals surface area contributed by atoms with Crippen LogP contribution in [0.1, 0.15) is 79.6 Å². The molecule has 6 heterocycles. The van der Waals surface area contributed by atoms with Gasteiger partial charge in [-0.25, -0.2) is 9.37 Å². The van der Waals surface area contributed by atoms with E-state index in [2.05, 4.69) is 129 Å². The second-order valence-electron chi connectivity index (χ2n) is 15.1. The first kappa shape index (κ1) is 31.6. The number of halogens is 1. The van der Waals surface area contributed by atoms with Crippen LogP contribution < -0.4 is 9.13 Å². The number of aryl methyl sites for hydroxylation is 1. The number of hydrogen-bond donors (Lipinski definition) is 0. The first-order valence-electron chi connectivity index (χ1n) is 18.2. The molecule has 4 aromatic heterocycles. The molecule has 2 aliphatic heterocycles. The smallest absolute Gasteiger partial charge is 0.227 e. The molecule has 0 bridgehead atoms. The standard InChI is InChI=1S/C46H42FN3O/c1-7-39-42(37-24-29(27(4)5)12-15-33(37)40-10-8-9-20-49(39)40)44-36-17-16-34-35-14-11-28(6)48-46(35)51-45(34)43(36)41-25-31(19-21-50(41)44)30-13-18-38(47)32(23-30)22-26(2)3/h7-21,23-27,39,42,44H,1,22H2,2-6H3/q+2. The van der Waals surface area contributed by atoms with Crippen LogP contribution in [0, 0.1) is 18.7 Å². The third kappa shape index (κ3) is 4.89. The van der Waals surface area contributed by atoms with Gasteiger partial charge in [-0.3, -0.25) is 0 Å². The van der Waals surface area contributed by atoms with Crippen LogP contribution in [-0.4, -0.2) is 4.98 Å². The molecule has 9 rings (SSSR count). The lowest BCUT2D eigenvalue weighted by atomic mass is 9.75. The van der Waals surface area contributed by atoms with Gasteiger partial charge in [0.15, 0.2) is 30.1 Å². The number of pyridine rings is 3. The van der Waals surface area contributed by atoms with Crippen LogP contribution in [0.25, 0.3) is 55.7 Å². The Morgan fingerprint density at radius 1 is 0.824 bits per heavy atom. The maximum absolute atomic E-state index is 15.0. The molecule has 3 aromatic carbocycles. The van der Waals surface area contributed by atoms with Crippen molar-refractivity contribution >= 4 is 22.1 Å². The monoisotopic (exact) mass is 671 g/mol. The first-order valence-corrected chi connectivity index (χ1v) is 18.2. The van der Waals surface area contributed by atoms with E-state index < -0.39 is 0 Å². The van der Waals surface area contributed by atoms with Gasteiger partial charge in [-0.15, -0.1) is 0 Å². The molecule has 3 unspecified atom stereocenters. The number of rotatable bonds is 6. The van der Waals surface area contributed by atoms with Crippen LogP contribution in [0.5, 0.6) is 0 Å². The fraction of sp³-hybridized carbons (Fsp3) is 0.239. The number of benzene rings is 3. The zero-order valence-electron chi connectivity index (χ0n) is 29.8. The average Bonchev–Trinajstić information content (AvgIpc) is 3.66. The van der Waals surface area contributed by atoms with E-state index >= 15 is 0 Å². The van der Waals surface area contributed by atoms with E-state index in [9.17, 15) is 4.39 Å². The molecule has 4 nitrogen and oxygen atoms in total. The third-order valence-corrected chi connectivity index (χ3v) is 11.1. The van der Waals surface area contributed by atoms with Crippen LogP contribution in [0.15, 0.2) is 120 Å². The minimum Gasteiger partial charge on any atom is -0.437 e. The molecule has 7 aromatic rings. The van der Waals surface area contributed by atoms with Crippen LogP contribution in [0.4, 0.5) is 4.39 Å². The summed E-state index contributed by atoms with van der Waals surface area (Å²) in [5.41, 5.74) is 13.7. The molecule has 0 saturated carbocycles. The van der Waals surface area contributed by atoms with E-state index in [0.29, 0.717) is 24.0 Å². The van der Waals surface area contributed by atoms with Gasteiger partial charge in [0.2, 0.25) is 17.1 Å². The van der Waals surface area contributed by atoms with Crippen molar-refractivity contribution in [3.05, 3.63) is 150 Å². The molecular weight excluding hydrogens is 630 g/mol. The highest BCUT2D eigenvalue weighted by Gasteiger charge is 2.52. The molecule has 0 N–H and O–H groups in total. The number of nitrogens with zero attached hydrogens (tertiary/aromatic N) is 3. The summed E-state index contributed by atoms with van der Waals surface area (Å²) in [7, 11) is 0. The van der Waals surface area contributed by atoms with Gasteiger partial charge in [0.05, 0.1) is 11.1 Å². The molecule has 0 radical (unpaired) electrons. The number of hydrogen-bond acceptors (Lipinski definition) is 2. The lowest BCUT2D eigenvalue weighted by Crippen LogP contribution is -2.52. The summed E-state index contributed by atoms with van der Waals surface area (Å²) in [6.07, 6.45) is 7.23. The van der Waals surface area contributed by atoms with Crippen molar-refractivity contribution in [3.8, 4) is 33.6 Å². The molecule has 0 amide bonds. The Morgan fingerprint density at radius 3 is 2.45 bits per heavy atom. The number of furan rings is 1. The van der Waals surface area contributed by atoms with Crippen LogP contribution in [0.3, 0.4) is 0 Å². The Morgan fingerprint density at radius 2 is 1.65 bits per heavy atom. The fourth-order valence-corrected chi connectivity index (χ4v) is 8.71. The van der Waals surface area contributed by atoms with Crippen molar-refractivity contribution in [1.29, 1.82) is 0 Å². The molecule has 5 heteroatoms. The van der Waals surface area contributed by atoms with Crippen LogP contribution in [0.2, 0.25) is 0 Å². The molecule has 252 valence electrons. The van der Waals surface area contributed by atoms with E-state index in [1.165, 1.54) is 27.9 Å². The topological polar surface area (TPSA) is 33.8 Å². The van der Waals surface area contributed by atoms with Crippen molar-refractivity contribution in [2.45, 2.75) is 65.0 Å². The molecule has 0 spiro atoms. The average molecular weight is 672 g/mol. The summed E-state index contributed by atoms with van der Waals surface area (Å²) in [5, 5.41) is 2.07. The van der Waals surface area contributed by atoms with Crippen molar-refractivity contribution in [2.75, 3.05) is 0 Å². The lowest BCUT2D eigenvalue weighted by molar-refractivity contribution is -0.739. The second kappa shape index (κ2) is 11.8. The maximum atomic E-state index is 15.0. The quantitative estimate of drug-likeness (QED) is 0.130. The normalized spacial score (nSPS) is 17.5. The van der Waals surface area contributed by atoms with E-state index in [1.54, 1.807) is 6.07 Å². The Bertz CT molecular complexity index is 2540. The lowest BCUT2D eigenvalue weighted by Gasteiger charge is -2.31. The second-order valence-corrected chi connectivity index (χ2v) is 15.1. The molecule has 0 aliphatic carbocycles. The summed E-state index contributed by atoms with van der Waals surface area (Å²) in [4.78, 5) is 4.79. The Balaban J connectivity index is 1.32. The van der Waals surface area contributed by atoms with E-state index in [-0.39, 0.29) is 23.8 Å². The summed E-state index contributed by atoms with van der Waals surface area (Å²) < 4.78 is 26.5. The van der Waals surface area contributed by atoms with Gasteiger partial charge in [0, 0.05) is 46.3 Å². The Kier molecular flexibility index (Phi) is 7.32. The molecule has 3 atom stereocenters. The minimum absolute atomic E-state index is 0.00142. The highest BCUT2D eigenvalue weighted by Crippen LogP contribution is 2.52. The predicted molar refractivity (Wildman–Crippen MR) is 202 cm³/mol. The SMILES string of the molecule is C=CC1C(C2c3ccc4c(oc5nc(C)ccc54)c3-c3cc(-c4ccc(F)c(CC(C)C)c4)cc[n+]32)c2cc(C(C)C)ccc2-c2cccc[n+]21. The van der Waals surface area contributed by atoms with Gasteiger partial charge in [-0.1, -0.05) is 58.5 Å². The molecular formula is C46H42FN3O+2. The van der Waals surface area contributed by atoms with E-state index in [0.717, 1.165) is 50.0 Å². The number of allylic oxidation sites excluding steroid dienone is 1. The van der Waals surface area contributed by atoms with E-state index in [4.69, 9.17) is 9.40 Å². The summed E-state index contributed by atoms with van der Waals surface area (Å²) in [5.74, 6) is 0.637.